The number of aromatic nitrogens is 1. The average Bonchev–Trinajstić information content (AvgIpc) is 2.84. The van der Waals surface area contributed by atoms with Gasteiger partial charge in [-0.2, -0.15) is 0 Å². The van der Waals surface area contributed by atoms with Gasteiger partial charge in [0.1, 0.15) is 5.75 Å². The van der Waals surface area contributed by atoms with Crippen LogP contribution in [0.15, 0.2) is 18.2 Å². The number of thiazole rings is 1. The molecular weight excluding hydrogens is 274 g/mol. The molecule has 0 saturated carbocycles. The molecule has 0 amide bonds. The highest BCUT2D eigenvalue weighted by Gasteiger charge is 2.09. The van der Waals surface area contributed by atoms with Gasteiger partial charge >= 0.3 is 0 Å². The molecule has 108 valence electrons. The van der Waals surface area contributed by atoms with Crippen LogP contribution in [0, 0.1) is 0 Å². The third-order valence-electron chi connectivity index (χ3n) is 3.37. The van der Waals surface area contributed by atoms with Gasteiger partial charge in [0.15, 0.2) is 5.13 Å². The first-order valence-electron chi connectivity index (χ1n) is 6.90. The Morgan fingerprint density at radius 2 is 2.20 bits per heavy atom. The fourth-order valence-corrected chi connectivity index (χ4v) is 3.03. The summed E-state index contributed by atoms with van der Waals surface area (Å²) >= 11 is 1.50. The third-order valence-corrected chi connectivity index (χ3v) is 4.23. The van der Waals surface area contributed by atoms with Crippen LogP contribution in [0.3, 0.4) is 0 Å². The summed E-state index contributed by atoms with van der Waals surface area (Å²) in [5.41, 5.74) is 6.61. The number of hydrogen-bond acceptors (Lipinski definition) is 6. The van der Waals surface area contributed by atoms with Crippen LogP contribution in [0.4, 0.5) is 5.13 Å². The Hall–Kier alpha value is -1.37. The minimum Gasteiger partial charge on any atom is -0.493 e. The Labute approximate surface area is 122 Å². The molecule has 1 aliphatic rings. The third kappa shape index (κ3) is 3.39. The molecule has 1 saturated heterocycles. The van der Waals surface area contributed by atoms with E-state index in [1.807, 2.05) is 18.2 Å². The summed E-state index contributed by atoms with van der Waals surface area (Å²) in [6.07, 6.45) is 1.03. The second-order valence-electron chi connectivity index (χ2n) is 4.84. The van der Waals surface area contributed by atoms with Gasteiger partial charge in [-0.1, -0.05) is 11.3 Å². The van der Waals surface area contributed by atoms with E-state index in [2.05, 4.69) is 9.88 Å². The predicted molar refractivity (Wildman–Crippen MR) is 81.4 cm³/mol. The van der Waals surface area contributed by atoms with Crippen LogP contribution in [0.1, 0.15) is 6.42 Å². The number of rotatable bonds is 5. The zero-order chi connectivity index (χ0) is 13.8. The molecule has 2 aromatic rings. The molecule has 0 atom stereocenters. The molecule has 2 heterocycles. The highest BCUT2D eigenvalue weighted by Crippen LogP contribution is 2.27. The predicted octanol–water partition coefficient (Wildman–Crippen LogP) is 1.98. The average molecular weight is 293 g/mol. The molecule has 20 heavy (non-hydrogen) atoms. The molecule has 1 aliphatic heterocycles. The van der Waals surface area contributed by atoms with Crippen molar-refractivity contribution in [3.05, 3.63) is 18.2 Å². The molecule has 0 radical (unpaired) electrons. The van der Waals surface area contributed by atoms with E-state index in [1.165, 1.54) is 11.3 Å². The Balaban J connectivity index is 1.46. The summed E-state index contributed by atoms with van der Waals surface area (Å²) in [6, 6.07) is 5.95. The van der Waals surface area contributed by atoms with Gasteiger partial charge in [-0.15, -0.1) is 0 Å². The monoisotopic (exact) mass is 293 g/mol. The molecule has 0 bridgehead atoms. The SMILES string of the molecule is Nc1nc2cc(OCCCN3CCOCC3)ccc2s1. The Morgan fingerprint density at radius 1 is 1.35 bits per heavy atom. The van der Waals surface area contributed by atoms with Crippen molar-refractivity contribution >= 4 is 26.7 Å². The van der Waals surface area contributed by atoms with Crippen molar-refractivity contribution in [1.82, 2.24) is 9.88 Å². The van der Waals surface area contributed by atoms with E-state index in [0.29, 0.717) is 5.13 Å². The maximum atomic E-state index is 5.78. The summed E-state index contributed by atoms with van der Waals surface area (Å²) < 4.78 is 12.2. The molecule has 0 aliphatic carbocycles. The maximum Gasteiger partial charge on any atom is 0.181 e. The molecule has 2 N–H and O–H groups in total. The molecule has 1 aromatic carbocycles. The van der Waals surface area contributed by atoms with Gasteiger partial charge in [-0.25, -0.2) is 4.98 Å². The number of nitrogens with two attached hydrogens (primary N) is 1. The van der Waals surface area contributed by atoms with Crippen molar-refractivity contribution in [3.8, 4) is 5.75 Å². The van der Waals surface area contributed by atoms with Gasteiger partial charge in [0, 0.05) is 25.7 Å². The smallest absolute Gasteiger partial charge is 0.181 e. The van der Waals surface area contributed by atoms with Gasteiger partial charge in [-0.3, -0.25) is 4.90 Å². The lowest BCUT2D eigenvalue weighted by Crippen LogP contribution is -2.37. The van der Waals surface area contributed by atoms with E-state index in [0.717, 1.165) is 61.8 Å². The summed E-state index contributed by atoms with van der Waals surface area (Å²) in [5, 5.41) is 0.601. The second-order valence-corrected chi connectivity index (χ2v) is 5.90. The topological polar surface area (TPSA) is 60.6 Å². The van der Waals surface area contributed by atoms with Crippen LogP contribution >= 0.6 is 11.3 Å². The van der Waals surface area contributed by atoms with Crippen LogP contribution in [-0.4, -0.2) is 49.3 Å². The second kappa shape index (κ2) is 6.39. The molecule has 0 spiro atoms. The number of fused-ring (bicyclic) bond motifs is 1. The van der Waals surface area contributed by atoms with Crippen molar-refractivity contribution in [2.24, 2.45) is 0 Å². The quantitative estimate of drug-likeness (QED) is 0.854. The Morgan fingerprint density at radius 3 is 3.05 bits per heavy atom. The molecule has 6 heteroatoms. The molecular formula is C14H19N3O2S. The number of anilines is 1. The fraction of sp³-hybridized carbons (Fsp3) is 0.500. The van der Waals surface area contributed by atoms with Crippen molar-refractivity contribution in [2.45, 2.75) is 6.42 Å². The van der Waals surface area contributed by atoms with Crippen LogP contribution in [0.2, 0.25) is 0 Å². The van der Waals surface area contributed by atoms with E-state index in [4.69, 9.17) is 15.2 Å². The van der Waals surface area contributed by atoms with Crippen LogP contribution in [-0.2, 0) is 4.74 Å². The first kappa shape index (κ1) is 13.6. The van der Waals surface area contributed by atoms with E-state index in [-0.39, 0.29) is 0 Å². The summed E-state index contributed by atoms with van der Waals surface area (Å²) in [4.78, 5) is 6.68. The molecule has 1 aromatic heterocycles. The van der Waals surface area contributed by atoms with Gasteiger partial charge < -0.3 is 15.2 Å². The van der Waals surface area contributed by atoms with Crippen molar-refractivity contribution in [3.63, 3.8) is 0 Å². The Bertz CT molecular complexity index is 567. The van der Waals surface area contributed by atoms with E-state index in [1.54, 1.807) is 0 Å². The zero-order valence-corrected chi connectivity index (χ0v) is 12.2. The van der Waals surface area contributed by atoms with Crippen molar-refractivity contribution in [1.29, 1.82) is 0 Å². The van der Waals surface area contributed by atoms with Crippen LogP contribution in [0.5, 0.6) is 5.75 Å². The molecule has 5 nitrogen and oxygen atoms in total. The fourth-order valence-electron chi connectivity index (χ4n) is 2.32. The lowest BCUT2D eigenvalue weighted by Gasteiger charge is -2.26. The normalized spacial score (nSPS) is 16.6. The first-order valence-corrected chi connectivity index (χ1v) is 7.72. The first-order chi connectivity index (χ1) is 9.81. The summed E-state index contributed by atoms with van der Waals surface area (Å²) in [7, 11) is 0. The summed E-state index contributed by atoms with van der Waals surface area (Å²) in [6.45, 7) is 5.55. The zero-order valence-electron chi connectivity index (χ0n) is 11.4. The minimum atomic E-state index is 0.601. The Kier molecular flexibility index (Phi) is 4.34. The number of morpholine rings is 1. The van der Waals surface area contributed by atoms with E-state index < -0.39 is 0 Å². The molecule has 3 rings (SSSR count). The lowest BCUT2D eigenvalue weighted by atomic mass is 10.3. The highest BCUT2D eigenvalue weighted by molar-refractivity contribution is 7.22. The van der Waals surface area contributed by atoms with Crippen LogP contribution in [0.25, 0.3) is 10.2 Å². The minimum absolute atomic E-state index is 0.601. The van der Waals surface area contributed by atoms with Gasteiger partial charge in [0.2, 0.25) is 0 Å². The maximum absolute atomic E-state index is 5.78. The van der Waals surface area contributed by atoms with Gasteiger partial charge in [-0.05, 0) is 18.6 Å². The number of hydrogen-bond donors (Lipinski definition) is 1. The molecule has 0 unspecified atom stereocenters. The number of nitrogen functional groups attached to an aromatic ring is 1. The van der Waals surface area contributed by atoms with E-state index in [9.17, 15) is 0 Å². The van der Waals surface area contributed by atoms with Gasteiger partial charge in [0.25, 0.3) is 0 Å². The number of ether oxygens (including phenoxy) is 2. The van der Waals surface area contributed by atoms with Crippen molar-refractivity contribution < 1.29 is 9.47 Å². The highest BCUT2D eigenvalue weighted by atomic mass is 32.1. The standard InChI is InChI=1S/C14H19N3O2S/c15-14-16-12-10-11(2-3-13(12)20-14)19-7-1-4-17-5-8-18-9-6-17/h2-3,10H,1,4-9H2,(H2,15,16). The number of nitrogens with zero attached hydrogens (tertiary/aromatic N) is 2. The van der Waals surface area contributed by atoms with E-state index >= 15 is 0 Å². The molecule has 1 fully saturated rings. The number of benzene rings is 1. The van der Waals surface area contributed by atoms with Crippen LogP contribution < -0.4 is 10.5 Å². The summed E-state index contributed by atoms with van der Waals surface area (Å²) in [5.74, 6) is 0.866. The largest absolute Gasteiger partial charge is 0.493 e. The van der Waals surface area contributed by atoms with Gasteiger partial charge in [0.05, 0.1) is 30.0 Å². The lowest BCUT2D eigenvalue weighted by molar-refractivity contribution is 0.0358. The van der Waals surface area contributed by atoms with Crippen molar-refractivity contribution in [2.75, 3.05) is 45.2 Å².